The molecule has 6 nitrogen and oxygen atoms in total. The highest BCUT2D eigenvalue weighted by Crippen LogP contribution is 3.02. The lowest BCUT2D eigenvalue weighted by atomic mass is 10.1. The zero-order chi connectivity index (χ0) is 50.3. The Labute approximate surface area is 380 Å². The molecule has 2 amide bonds. The lowest BCUT2D eigenvalue weighted by Gasteiger charge is -2.40. The van der Waals surface area contributed by atoms with E-state index in [-0.39, 0.29) is 23.7 Å². The largest absolute Gasteiger partial charge is 0.416 e. The van der Waals surface area contributed by atoms with Gasteiger partial charge in [-0.05, 0) is 109 Å². The van der Waals surface area contributed by atoms with E-state index in [1.165, 1.54) is 12.1 Å². The molecule has 8 rings (SSSR count). The summed E-state index contributed by atoms with van der Waals surface area (Å²) in [6, 6.07) is 12.4. The third-order valence-corrected chi connectivity index (χ3v) is 15.0. The van der Waals surface area contributed by atoms with Gasteiger partial charge >= 0.3 is 32.8 Å². The molecule has 2 heterocycles. The number of benzene rings is 4. The topological polar surface area (TPSA) is 47.1 Å². The molecule has 24 heteroatoms. The molecule has 376 valence electrons. The number of hydrogen-bond acceptors (Lipinski definition) is 4. The van der Waals surface area contributed by atoms with E-state index in [2.05, 4.69) is 0 Å². The van der Waals surface area contributed by atoms with Crippen LogP contribution in [0.15, 0.2) is 94.7 Å². The molecule has 4 atom stereocenters. The van der Waals surface area contributed by atoms with E-state index < -0.39 is 65.6 Å². The highest BCUT2D eigenvalue weighted by molar-refractivity contribution is 8.46. The number of rotatable bonds is 8. The van der Waals surface area contributed by atoms with Crippen LogP contribution in [-0.2, 0) is 21.9 Å². The summed E-state index contributed by atoms with van der Waals surface area (Å²) in [6.45, 7) is 5.94. The average Bonchev–Trinajstić information content (AvgIpc) is 4.17. The number of nitrogens with zero attached hydrogens (tertiary/aromatic N) is 4. The summed E-state index contributed by atoms with van der Waals surface area (Å²) in [5.41, 5.74) is 1.57. The van der Waals surface area contributed by atoms with Crippen molar-refractivity contribution in [1.82, 2.24) is 9.80 Å². The maximum atomic E-state index is 13.1. The zero-order valence-corrected chi connectivity index (χ0v) is 37.6. The standard InChI is InChI=1S/2C22H22F8N2OS/c2*1-14-2-5-16(22(23,24)25)12-20(14)31-8-10-32(11-9-31)21(33)19-13-18(19)15-3-6-17(7-4-15)34(26,27,28,29)30/h2*2-7,12,18-19H,8-11,13H2,1H3/t2*18-,19-/m10/s1. The molecule has 0 spiro atoms. The Morgan fingerprint density at radius 1 is 0.456 bits per heavy atom. The van der Waals surface area contributed by atoms with Gasteiger partial charge in [0.2, 0.25) is 11.8 Å². The van der Waals surface area contributed by atoms with Crippen LogP contribution in [0.4, 0.5) is 76.6 Å². The van der Waals surface area contributed by atoms with E-state index in [1.54, 1.807) is 33.4 Å². The number of piperazine rings is 2. The maximum absolute atomic E-state index is 13.1. The summed E-state index contributed by atoms with van der Waals surface area (Å²) in [4.78, 5) is 28.5. The van der Waals surface area contributed by atoms with E-state index in [1.807, 2.05) is 0 Å². The van der Waals surface area contributed by atoms with Crippen molar-refractivity contribution in [1.29, 1.82) is 0 Å². The fourth-order valence-corrected chi connectivity index (χ4v) is 9.98. The van der Waals surface area contributed by atoms with E-state index in [0.29, 0.717) is 123 Å². The monoisotopic (exact) mass is 1030 g/mol. The first-order chi connectivity index (χ1) is 30.9. The molecule has 2 saturated carbocycles. The Morgan fingerprint density at radius 2 is 0.750 bits per heavy atom. The summed E-state index contributed by atoms with van der Waals surface area (Å²) in [6.07, 6.45) is -8.11. The molecule has 0 unspecified atom stereocenters. The van der Waals surface area contributed by atoms with Gasteiger partial charge in [0, 0.05) is 75.6 Å². The third-order valence-electron chi connectivity index (χ3n) is 12.7. The van der Waals surface area contributed by atoms with Crippen LogP contribution >= 0.6 is 20.4 Å². The lowest BCUT2D eigenvalue weighted by molar-refractivity contribution is -0.138. The second-order valence-corrected chi connectivity index (χ2v) is 22.4. The maximum Gasteiger partial charge on any atom is 0.416 e. The predicted octanol–water partition coefficient (Wildman–Crippen LogP) is 14.2. The molecule has 4 aliphatic rings. The minimum Gasteiger partial charge on any atom is -0.368 e. The van der Waals surface area contributed by atoms with Crippen LogP contribution < -0.4 is 9.80 Å². The van der Waals surface area contributed by atoms with Crippen molar-refractivity contribution in [3.8, 4) is 0 Å². The molecule has 4 aromatic rings. The van der Waals surface area contributed by atoms with Crippen molar-refractivity contribution in [3.63, 3.8) is 0 Å². The Balaban J connectivity index is 0.000000201. The lowest BCUT2D eigenvalue weighted by Crippen LogP contribution is -2.49. The molecule has 2 aliphatic heterocycles. The van der Waals surface area contributed by atoms with Crippen molar-refractivity contribution < 1.29 is 74.8 Å². The summed E-state index contributed by atoms with van der Waals surface area (Å²) in [5, 5.41) is 0. The van der Waals surface area contributed by atoms with Gasteiger partial charge < -0.3 is 19.6 Å². The van der Waals surface area contributed by atoms with Crippen LogP contribution in [0.25, 0.3) is 0 Å². The summed E-state index contributed by atoms with van der Waals surface area (Å²) < 4.78 is 207. The number of carbonyl (C=O) groups is 2. The number of amides is 2. The quantitative estimate of drug-likeness (QED) is 0.165. The van der Waals surface area contributed by atoms with Gasteiger partial charge in [0.1, 0.15) is 9.79 Å². The number of carbonyl (C=O) groups excluding carboxylic acids is 2. The van der Waals surface area contributed by atoms with Gasteiger partial charge in [-0.15, -0.1) is 0 Å². The second-order valence-electron chi connectivity index (χ2n) is 17.6. The minimum atomic E-state index is -9.74. The van der Waals surface area contributed by atoms with Gasteiger partial charge in [0.15, 0.2) is 0 Å². The van der Waals surface area contributed by atoms with Crippen molar-refractivity contribution >= 4 is 43.6 Å². The van der Waals surface area contributed by atoms with Gasteiger partial charge in [-0.2, -0.15) is 26.3 Å². The molecule has 0 radical (unpaired) electrons. The fourth-order valence-electron chi connectivity index (χ4n) is 8.67. The fraction of sp³-hybridized carbons (Fsp3) is 0.409. The molecule has 4 fully saturated rings. The predicted molar refractivity (Wildman–Crippen MR) is 227 cm³/mol. The van der Waals surface area contributed by atoms with E-state index in [4.69, 9.17) is 0 Å². The van der Waals surface area contributed by atoms with Crippen molar-refractivity contribution in [3.05, 3.63) is 118 Å². The van der Waals surface area contributed by atoms with Crippen molar-refractivity contribution in [2.75, 3.05) is 62.2 Å². The summed E-state index contributed by atoms with van der Waals surface area (Å²) in [7, 11) is -19.5. The van der Waals surface area contributed by atoms with Crippen LogP contribution in [-0.4, -0.2) is 74.0 Å². The molecule has 0 aromatic heterocycles. The summed E-state index contributed by atoms with van der Waals surface area (Å²) >= 11 is 0. The SMILES string of the molecule is Cc1ccc(C(F)(F)F)cc1N1CCN(C(=O)[C@@H]2C[C@@H]2c2ccc(S(F)(F)(F)(F)F)cc2)CC1.Cc1ccc(C(F)(F)F)cc1N1CCN(C(=O)[C@H]2C[C@H]2c2ccc(S(F)(F)(F)(F)F)cc2)CC1. The minimum absolute atomic E-state index is 0.192. The normalized spacial score (nSPS) is 23.3. The zero-order valence-electron chi connectivity index (χ0n) is 35.9. The number of hydrogen-bond donors (Lipinski definition) is 0. The molecule has 4 aromatic carbocycles. The third kappa shape index (κ3) is 11.7. The van der Waals surface area contributed by atoms with Crippen LogP contribution in [0.3, 0.4) is 0 Å². The number of alkyl halides is 6. The van der Waals surface area contributed by atoms with Gasteiger partial charge in [-0.1, -0.05) is 75.3 Å². The first-order valence-corrected chi connectivity index (χ1v) is 24.9. The van der Waals surface area contributed by atoms with Gasteiger partial charge in [-0.3, -0.25) is 9.59 Å². The van der Waals surface area contributed by atoms with E-state index in [9.17, 15) is 74.8 Å². The Kier molecular flexibility index (Phi) is 11.8. The highest BCUT2D eigenvalue weighted by Gasteiger charge is 2.66. The smallest absolute Gasteiger partial charge is 0.368 e. The Hall–Kier alpha value is -5.00. The molecule has 0 bridgehead atoms. The molecule has 0 N–H and O–H groups in total. The second kappa shape index (κ2) is 15.8. The van der Waals surface area contributed by atoms with Crippen LogP contribution in [0.2, 0.25) is 0 Å². The van der Waals surface area contributed by atoms with E-state index >= 15 is 0 Å². The van der Waals surface area contributed by atoms with E-state index in [0.717, 1.165) is 48.5 Å². The highest BCUT2D eigenvalue weighted by atomic mass is 32.5. The number of halogens is 16. The van der Waals surface area contributed by atoms with Gasteiger partial charge in [0.05, 0.1) is 11.1 Å². The first kappa shape index (κ1) is 50.9. The van der Waals surface area contributed by atoms with Gasteiger partial charge in [0.25, 0.3) is 0 Å². The van der Waals surface area contributed by atoms with Crippen LogP contribution in [0.1, 0.15) is 58.1 Å². The first-order valence-electron chi connectivity index (χ1n) is 21.0. The average molecular weight is 1030 g/mol. The summed E-state index contributed by atoms with van der Waals surface area (Å²) in [5.74, 6) is -1.97. The van der Waals surface area contributed by atoms with Crippen molar-refractivity contribution in [2.24, 2.45) is 11.8 Å². The van der Waals surface area contributed by atoms with Crippen LogP contribution in [0.5, 0.6) is 0 Å². The van der Waals surface area contributed by atoms with Crippen molar-refractivity contribution in [2.45, 2.75) is 60.7 Å². The van der Waals surface area contributed by atoms with Crippen LogP contribution in [0, 0.1) is 25.7 Å². The molecule has 2 aliphatic carbocycles. The Morgan fingerprint density at radius 3 is 1.01 bits per heavy atom. The molecule has 68 heavy (non-hydrogen) atoms. The number of aryl methyl sites for hydroxylation is 2. The molecular weight excluding hydrogens is 985 g/mol. The number of anilines is 2. The molecule has 2 saturated heterocycles. The van der Waals surface area contributed by atoms with Gasteiger partial charge in [-0.25, -0.2) is 0 Å². The molecular formula is C44H44F16N4O2S2. The Bertz CT molecular complexity index is 2400.